The Balaban J connectivity index is 2.94. The van der Waals surface area contributed by atoms with Gasteiger partial charge in [0.2, 0.25) is 0 Å². The number of ether oxygens (including phenoxy) is 2. The second-order valence-corrected chi connectivity index (χ2v) is 4.75. The third kappa shape index (κ3) is 3.72. The highest BCUT2D eigenvalue weighted by Crippen LogP contribution is 2.25. The summed E-state index contributed by atoms with van der Waals surface area (Å²) in [6, 6.07) is 8.39. The largest absolute Gasteiger partial charge is 0.497 e. The number of benzene rings is 1. The summed E-state index contributed by atoms with van der Waals surface area (Å²) in [5.74, 6) is 1.34. The van der Waals surface area contributed by atoms with Crippen molar-refractivity contribution in [3.05, 3.63) is 29.8 Å². The molecule has 3 heteroatoms. The maximum Gasteiger partial charge on any atom is 0.118 e. The maximum absolute atomic E-state index is 5.64. The van der Waals surface area contributed by atoms with Crippen molar-refractivity contribution in [2.75, 3.05) is 20.8 Å². The highest BCUT2D eigenvalue weighted by molar-refractivity contribution is 5.29. The lowest BCUT2D eigenvalue weighted by Crippen LogP contribution is -2.36. The van der Waals surface area contributed by atoms with Gasteiger partial charge in [-0.15, -0.1) is 0 Å². The molecular weight excluding hydrogens is 226 g/mol. The van der Waals surface area contributed by atoms with E-state index in [-0.39, 0.29) is 12.1 Å². The molecule has 1 rings (SSSR count). The van der Waals surface area contributed by atoms with Crippen LogP contribution in [-0.4, -0.2) is 26.9 Å². The van der Waals surface area contributed by atoms with Crippen molar-refractivity contribution in [1.29, 1.82) is 0 Å². The summed E-state index contributed by atoms with van der Waals surface area (Å²) in [5, 5.41) is 3.50. The monoisotopic (exact) mass is 251 g/mol. The first-order valence-corrected chi connectivity index (χ1v) is 6.54. The molecule has 2 atom stereocenters. The molecule has 102 valence electrons. The van der Waals surface area contributed by atoms with E-state index in [1.165, 1.54) is 5.56 Å². The molecule has 3 nitrogen and oxygen atoms in total. The van der Waals surface area contributed by atoms with Crippen molar-refractivity contribution < 1.29 is 9.47 Å². The average Bonchev–Trinajstić information content (AvgIpc) is 2.38. The van der Waals surface area contributed by atoms with E-state index in [2.05, 4.69) is 38.2 Å². The van der Waals surface area contributed by atoms with Crippen LogP contribution in [0.25, 0.3) is 0 Å². The maximum atomic E-state index is 5.64. The van der Waals surface area contributed by atoms with E-state index < -0.39 is 0 Å². The minimum atomic E-state index is 0.165. The molecule has 0 radical (unpaired) electrons. The quantitative estimate of drug-likeness (QED) is 0.808. The van der Waals surface area contributed by atoms with E-state index in [0.29, 0.717) is 5.92 Å². The summed E-state index contributed by atoms with van der Waals surface area (Å²) < 4.78 is 10.8. The predicted molar refractivity (Wildman–Crippen MR) is 75.0 cm³/mol. The smallest absolute Gasteiger partial charge is 0.118 e. The molecule has 0 aliphatic heterocycles. The third-order valence-electron chi connectivity index (χ3n) is 3.16. The molecule has 18 heavy (non-hydrogen) atoms. The van der Waals surface area contributed by atoms with Crippen molar-refractivity contribution >= 4 is 0 Å². The molecule has 1 aromatic carbocycles. The minimum Gasteiger partial charge on any atom is -0.497 e. The average molecular weight is 251 g/mol. The second kappa shape index (κ2) is 7.39. The van der Waals surface area contributed by atoms with Crippen LogP contribution in [0.15, 0.2) is 24.3 Å². The predicted octanol–water partition coefficient (Wildman–Crippen LogP) is 3.02. The van der Waals surface area contributed by atoms with Crippen LogP contribution in [0, 0.1) is 5.92 Å². The van der Waals surface area contributed by atoms with E-state index >= 15 is 0 Å². The van der Waals surface area contributed by atoms with Gasteiger partial charge in [-0.25, -0.2) is 0 Å². The zero-order valence-electron chi connectivity index (χ0n) is 12.1. The van der Waals surface area contributed by atoms with Crippen LogP contribution >= 0.6 is 0 Å². The summed E-state index contributed by atoms with van der Waals surface area (Å²) in [7, 11) is 3.46. The number of hydrogen-bond acceptors (Lipinski definition) is 3. The number of rotatable bonds is 7. The van der Waals surface area contributed by atoms with Gasteiger partial charge in [-0.05, 0) is 30.2 Å². The molecule has 0 aromatic heterocycles. The Kier molecular flexibility index (Phi) is 6.16. The van der Waals surface area contributed by atoms with Crippen LogP contribution in [0.5, 0.6) is 5.75 Å². The molecular formula is C15H25NO2. The second-order valence-electron chi connectivity index (χ2n) is 4.75. The standard InChI is InChI=1S/C15H25NO2/c1-6-16-14(15(18-5)11(2)3)12-7-9-13(17-4)10-8-12/h7-11,14-16H,6H2,1-5H3. The van der Waals surface area contributed by atoms with Gasteiger partial charge in [0, 0.05) is 7.11 Å². The number of hydrogen-bond donors (Lipinski definition) is 1. The van der Waals surface area contributed by atoms with Crippen molar-refractivity contribution in [3.63, 3.8) is 0 Å². The lowest BCUT2D eigenvalue weighted by molar-refractivity contribution is 0.0331. The van der Waals surface area contributed by atoms with E-state index in [4.69, 9.17) is 9.47 Å². The normalized spacial score (nSPS) is 14.6. The van der Waals surface area contributed by atoms with Gasteiger partial charge in [0.1, 0.15) is 5.75 Å². The fourth-order valence-electron chi connectivity index (χ4n) is 2.25. The van der Waals surface area contributed by atoms with E-state index in [1.54, 1.807) is 14.2 Å². The molecule has 0 spiro atoms. The SMILES string of the molecule is CCNC(c1ccc(OC)cc1)C(OC)C(C)C. The summed E-state index contributed by atoms with van der Waals surface area (Å²) in [4.78, 5) is 0. The van der Waals surface area contributed by atoms with Gasteiger partial charge in [0.05, 0.1) is 19.3 Å². The van der Waals surface area contributed by atoms with E-state index in [9.17, 15) is 0 Å². The Morgan fingerprint density at radius 1 is 1.11 bits per heavy atom. The summed E-state index contributed by atoms with van der Waals surface area (Å²) in [6.45, 7) is 7.40. The van der Waals surface area contributed by atoms with Gasteiger partial charge in [-0.1, -0.05) is 32.9 Å². The van der Waals surface area contributed by atoms with Gasteiger partial charge in [0.15, 0.2) is 0 Å². The Bertz CT molecular complexity index is 335. The van der Waals surface area contributed by atoms with Crippen LogP contribution < -0.4 is 10.1 Å². The Morgan fingerprint density at radius 2 is 1.72 bits per heavy atom. The zero-order valence-corrected chi connectivity index (χ0v) is 12.1. The molecule has 0 saturated carbocycles. The summed E-state index contributed by atoms with van der Waals surface area (Å²) in [6.07, 6.45) is 0.165. The number of likely N-dealkylation sites (N-methyl/N-ethyl adjacent to an activating group) is 1. The van der Waals surface area contributed by atoms with Gasteiger partial charge >= 0.3 is 0 Å². The Morgan fingerprint density at radius 3 is 2.11 bits per heavy atom. The van der Waals surface area contributed by atoms with E-state index in [1.807, 2.05) is 12.1 Å². The molecule has 2 unspecified atom stereocenters. The number of methoxy groups -OCH3 is 2. The van der Waals surface area contributed by atoms with Crippen LogP contribution in [0.4, 0.5) is 0 Å². The topological polar surface area (TPSA) is 30.5 Å². The fourth-order valence-corrected chi connectivity index (χ4v) is 2.25. The zero-order chi connectivity index (χ0) is 13.5. The molecule has 1 N–H and O–H groups in total. The van der Waals surface area contributed by atoms with Crippen LogP contribution in [0.1, 0.15) is 32.4 Å². The Labute approximate surface area is 110 Å². The molecule has 0 amide bonds. The molecule has 0 bridgehead atoms. The van der Waals surface area contributed by atoms with Crippen molar-refractivity contribution in [2.45, 2.75) is 32.9 Å². The van der Waals surface area contributed by atoms with E-state index in [0.717, 1.165) is 12.3 Å². The van der Waals surface area contributed by atoms with Crippen molar-refractivity contribution in [3.8, 4) is 5.75 Å². The van der Waals surface area contributed by atoms with Gasteiger partial charge < -0.3 is 14.8 Å². The highest BCUT2D eigenvalue weighted by atomic mass is 16.5. The van der Waals surface area contributed by atoms with Crippen molar-refractivity contribution in [2.24, 2.45) is 5.92 Å². The number of nitrogens with one attached hydrogen (secondary N) is 1. The minimum absolute atomic E-state index is 0.165. The lowest BCUT2D eigenvalue weighted by atomic mass is 9.93. The van der Waals surface area contributed by atoms with Gasteiger partial charge in [-0.2, -0.15) is 0 Å². The van der Waals surface area contributed by atoms with Crippen LogP contribution in [0.3, 0.4) is 0 Å². The molecule has 0 fully saturated rings. The van der Waals surface area contributed by atoms with Crippen LogP contribution in [-0.2, 0) is 4.74 Å². The molecule has 0 heterocycles. The first-order valence-electron chi connectivity index (χ1n) is 6.54. The van der Waals surface area contributed by atoms with Crippen molar-refractivity contribution in [1.82, 2.24) is 5.32 Å². The van der Waals surface area contributed by atoms with Gasteiger partial charge in [-0.3, -0.25) is 0 Å². The molecule has 1 aromatic rings. The fraction of sp³-hybridized carbons (Fsp3) is 0.600. The lowest BCUT2D eigenvalue weighted by Gasteiger charge is -2.30. The Hall–Kier alpha value is -1.06. The first kappa shape index (κ1) is 15.0. The molecule has 0 aliphatic carbocycles. The summed E-state index contributed by atoms with van der Waals surface area (Å²) >= 11 is 0. The van der Waals surface area contributed by atoms with Gasteiger partial charge in [0.25, 0.3) is 0 Å². The first-order chi connectivity index (χ1) is 8.63. The third-order valence-corrected chi connectivity index (χ3v) is 3.16. The summed E-state index contributed by atoms with van der Waals surface area (Å²) in [5.41, 5.74) is 1.23. The molecule has 0 saturated heterocycles. The molecule has 0 aliphatic rings. The van der Waals surface area contributed by atoms with Crippen LogP contribution in [0.2, 0.25) is 0 Å². The highest BCUT2D eigenvalue weighted by Gasteiger charge is 2.25.